The Morgan fingerprint density at radius 2 is 1.24 bits per heavy atom. The minimum atomic E-state index is -1.02. The molecule has 6 aliphatic carbocycles. The van der Waals surface area contributed by atoms with Crippen molar-refractivity contribution in [1.29, 1.82) is 0 Å². The first kappa shape index (κ1) is 23.5. The Bertz CT molecular complexity index is 801. The Labute approximate surface area is 197 Å². The van der Waals surface area contributed by atoms with Crippen molar-refractivity contribution >= 4 is 11.8 Å². The summed E-state index contributed by atoms with van der Waals surface area (Å²) in [4.78, 5) is 49.8. The third-order valence-corrected chi connectivity index (χ3v) is 10.7. The zero-order valence-corrected chi connectivity index (χ0v) is 20.9. The number of hydrogen-bond acceptors (Lipinski definition) is 6. The molecule has 7 rings (SSSR count). The fraction of sp³-hybridized carbons (Fsp3) is 0.846. The van der Waals surface area contributed by atoms with Crippen LogP contribution in [0.15, 0.2) is 12.2 Å². The molecule has 184 valence electrons. The van der Waals surface area contributed by atoms with Gasteiger partial charge in [-0.05, 0) is 62.2 Å². The molecule has 33 heavy (non-hydrogen) atoms. The quantitative estimate of drug-likeness (QED) is 0.228. The number of hydrogen-bond donors (Lipinski definition) is 0. The van der Waals surface area contributed by atoms with E-state index in [-0.39, 0.29) is 29.2 Å². The van der Waals surface area contributed by atoms with Crippen LogP contribution in [0.3, 0.4) is 0 Å². The lowest BCUT2D eigenvalue weighted by Crippen LogP contribution is -2.69. The normalized spacial score (nSPS) is 43.3. The molecule has 1 heterocycles. The topological polar surface area (TPSA) is 74.3 Å². The molecule has 4 bridgehead atoms. The summed E-state index contributed by atoms with van der Waals surface area (Å²) in [5.41, 5.74) is -0.800. The maximum Gasteiger partial charge on any atom is 0.253 e. The van der Waals surface area contributed by atoms with Crippen LogP contribution in [0.4, 0.5) is 0 Å². The number of amides is 2. The fourth-order valence-electron chi connectivity index (χ4n) is 7.73. The lowest BCUT2D eigenvalue weighted by molar-refractivity contribution is -0.547. The van der Waals surface area contributed by atoms with Gasteiger partial charge >= 0.3 is 0 Å². The maximum absolute atomic E-state index is 12.2. The third kappa shape index (κ3) is 3.15. The Balaban J connectivity index is 1.31. The summed E-state index contributed by atoms with van der Waals surface area (Å²) in [5, 5.41) is 0. The summed E-state index contributed by atoms with van der Waals surface area (Å²) in [5.74, 6) is 1.18. The number of carbonyl (C=O) groups excluding carboxylic acids is 2. The average Bonchev–Trinajstić information content (AvgIpc) is 3.08. The molecular formula is C26H39NO6. The summed E-state index contributed by atoms with van der Waals surface area (Å²) >= 11 is 0. The van der Waals surface area contributed by atoms with Crippen molar-refractivity contribution in [3.05, 3.63) is 12.2 Å². The van der Waals surface area contributed by atoms with E-state index in [4.69, 9.17) is 19.6 Å². The molecule has 6 saturated carbocycles. The van der Waals surface area contributed by atoms with Gasteiger partial charge in [0.2, 0.25) is 6.29 Å². The molecule has 0 N–H and O–H groups in total. The molecule has 6 unspecified atom stereocenters. The van der Waals surface area contributed by atoms with Gasteiger partial charge in [-0.15, -0.1) is 0 Å². The van der Waals surface area contributed by atoms with Crippen LogP contribution in [0.25, 0.3) is 0 Å². The van der Waals surface area contributed by atoms with Crippen LogP contribution in [-0.4, -0.2) is 40.8 Å². The maximum atomic E-state index is 12.2. The first-order valence-corrected chi connectivity index (χ1v) is 12.7. The molecule has 7 heteroatoms. The lowest BCUT2D eigenvalue weighted by Gasteiger charge is -2.67. The van der Waals surface area contributed by atoms with Crippen molar-refractivity contribution in [3.63, 3.8) is 0 Å². The number of imide groups is 1. The first-order chi connectivity index (χ1) is 15.4. The molecule has 7 aliphatic rings. The largest absolute Gasteiger partial charge is 0.270 e. The van der Waals surface area contributed by atoms with Gasteiger partial charge in [0.25, 0.3) is 11.8 Å². The molecule has 0 aromatic rings. The predicted molar refractivity (Wildman–Crippen MR) is 120 cm³/mol. The van der Waals surface area contributed by atoms with Crippen molar-refractivity contribution in [2.45, 2.75) is 97.6 Å². The zero-order chi connectivity index (χ0) is 23.8. The molecule has 0 radical (unpaired) electrons. The van der Waals surface area contributed by atoms with E-state index in [1.54, 1.807) is 0 Å². The minimum Gasteiger partial charge on any atom is -0.270 e. The fourth-order valence-corrected chi connectivity index (χ4v) is 7.73. The molecule has 0 aromatic carbocycles. The Kier molecular flexibility index (Phi) is 5.41. The monoisotopic (exact) mass is 461 g/mol. The second-order valence-electron chi connectivity index (χ2n) is 12.4. The highest BCUT2D eigenvalue weighted by Gasteiger charge is 2.68. The molecule has 6 fully saturated rings. The van der Waals surface area contributed by atoms with Crippen molar-refractivity contribution in [1.82, 2.24) is 4.90 Å². The van der Waals surface area contributed by atoms with Crippen LogP contribution in [-0.2, 0) is 29.1 Å². The smallest absolute Gasteiger partial charge is 0.253 e. The van der Waals surface area contributed by atoms with Gasteiger partial charge < -0.3 is 0 Å². The van der Waals surface area contributed by atoms with E-state index in [0.717, 1.165) is 30.6 Å². The summed E-state index contributed by atoms with van der Waals surface area (Å²) in [6.45, 7) is 13.3. The van der Waals surface area contributed by atoms with E-state index in [2.05, 4.69) is 41.5 Å². The zero-order valence-electron chi connectivity index (χ0n) is 20.9. The highest BCUT2D eigenvalue weighted by Crippen LogP contribution is 2.67. The van der Waals surface area contributed by atoms with E-state index in [1.807, 2.05) is 0 Å². The van der Waals surface area contributed by atoms with E-state index < -0.39 is 17.5 Å². The third-order valence-electron chi connectivity index (χ3n) is 10.7. The summed E-state index contributed by atoms with van der Waals surface area (Å²) < 4.78 is 0. The highest BCUT2D eigenvalue weighted by atomic mass is 17.3. The SMILES string of the molecule is CC1CCC2CC1(OOC(CN1C(=O)C=CC1=O)OOC13CC(CCC1C)C3(C)C)C2(C)C. The van der Waals surface area contributed by atoms with Gasteiger partial charge in [-0.2, -0.15) is 9.78 Å². The standard InChI is InChI=1S/C26H39NO6/c1-16-7-9-18-13-25(16,23(18,3)4)32-30-22(15-27-20(28)11-12-21(27)29)31-33-26-14-19(24(26,5)6)10-8-17(26)2/h11-12,16-19,22H,7-10,13-15H2,1-6H3. The molecule has 7 nitrogen and oxygen atoms in total. The molecule has 0 spiro atoms. The van der Waals surface area contributed by atoms with Gasteiger partial charge in [0.15, 0.2) is 0 Å². The van der Waals surface area contributed by atoms with E-state index in [1.165, 1.54) is 25.0 Å². The molecule has 0 saturated heterocycles. The van der Waals surface area contributed by atoms with Crippen molar-refractivity contribution in [3.8, 4) is 0 Å². The Morgan fingerprint density at radius 3 is 1.61 bits per heavy atom. The van der Waals surface area contributed by atoms with Gasteiger partial charge in [-0.3, -0.25) is 14.5 Å². The number of nitrogens with zero attached hydrogens (tertiary/aromatic N) is 1. The van der Waals surface area contributed by atoms with E-state index in [9.17, 15) is 9.59 Å². The molecular weight excluding hydrogens is 422 g/mol. The van der Waals surface area contributed by atoms with Crippen LogP contribution >= 0.6 is 0 Å². The van der Waals surface area contributed by atoms with Crippen molar-refractivity contribution < 1.29 is 29.1 Å². The Morgan fingerprint density at radius 1 is 0.818 bits per heavy atom. The lowest BCUT2D eigenvalue weighted by atomic mass is 9.43. The van der Waals surface area contributed by atoms with E-state index >= 15 is 0 Å². The van der Waals surface area contributed by atoms with Gasteiger partial charge in [0, 0.05) is 23.0 Å². The van der Waals surface area contributed by atoms with Crippen LogP contribution in [0.2, 0.25) is 0 Å². The summed E-state index contributed by atoms with van der Waals surface area (Å²) in [6.07, 6.45) is 8.04. The van der Waals surface area contributed by atoms with E-state index in [0.29, 0.717) is 23.7 Å². The van der Waals surface area contributed by atoms with Crippen LogP contribution in [0.1, 0.15) is 80.1 Å². The van der Waals surface area contributed by atoms with Crippen LogP contribution in [0.5, 0.6) is 0 Å². The minimum absolute atomic E-state index is 0.00330. The Hall–Kier alpha value is -1.28. The van der Waals surface area contributed by atoms with Gasteiger partial charge in [-0.25, -0.2) is 9.78 Å². The van der Waals surface area contributed by atoms with Crippen molar-refractivity contribution in [2.75, 3.05) is 6.54 Å². The van der Waals surface area contributed by atoms with Crippen LogP contribution < -0.4 is 0 Å². The van der Waals surface area contributed by atoms with Gasteiger partial charge in [0.1, 0.15) is 11.2 Å². The number of rotatable bonds is 8. The first-order valence-electron chi connectivity index (χ1n) is 12.7. The molecule has 6 atom stereocenters. The van der Waals surface area contributed by atoms with Gasteiger partial charge in [0.05, 0.1) is 6.54 Å². The summed E-state index contributed by atoms with van der Waals surface area (Å²) in [7, 11) is 0. The van der Waals surface area contributed by atoms with Gasteiger partial charge in [-0.1, -0.05) is 41.5 Å². The second-order valence-corrected chi connectivity index (χ2v) is 12.4. The molecule has 2 amide bonds. The average molecular weight is 462 g/mol. The molecule has 1 aliphatic heterocycles. The second kappa shape index (κ2) is 7.61. The van der Waals surface area contributed by atoms with Crippen molar-refractivity contribution in [2.24, 2.45) is 34.5 Å². The predicted octanol–water partition coefficient (Wildman–Crippen LogP) is 4.56. The molecule has 0 aromatic heterocycles. The number of carbonyl (C=O) groups is 2. The van der Waals surface area contributed by atoms with Crippen LogP contribution in [0, 0.1) is 34.5 Å². The number of fused-ring (bicyclic) bond motifs is 4. The highest BCUT2D eigenvalue weighted by molar-refractivity contribution is 6.12. The summed E-state index contributed by atoms with van der Waals surface area (Å²) in [6, 6.07) is 0.